The number of nitrogens with one attached hydrogen (secondary N) is 1. The average molecular weight is 236 g/mol. The lowest BCUT2D eigenvalue weighted by Gasteiger charge is -2.12. The van der Waals surface area contributed by atoms with Gasteiger partial charge in [-0.1, -0.05) is 0 Å². The Morgan fingerprint density at radius 2 is 2.29 bits per heavy atom. The summed E-state index contributed by atoms with van der Waals surface area (Å²) in [5.74, 6) is 0.394. The van der Waals surface area contributed by atoms with Crippen molar-refractivity contribution in [3.8, 4) is 0 Å². The zero-order valence-electron chi connectivity index (χ0n) is 9.44. The van der Waals surface area contributed by atoms with E-state index in [2.05, 4.69) is 10.3 Å². The van der Waals surface area contributed by atoms with Crippen LogP contribution in [0.3, 0.4) is 0 Å². The van der Waals surface area contributed by atoms with E-state index in [0.717, 1.165) is 0 Å². The van der Waals surface area contributed by atoms with Gasteiger partial charge in [-0.15, -0.1) is 0 Å². The number of halogens is 1. The topological polar surface area (TPSA) is 47.3 Å². The fourth-order valence-electron chi connectivity index (χ4n) is 2.16. The lowest BCUT2D eigenvalue weighted by atomic mass is 10.0. The van der Waals surface area contributed by atoms with Crippen molar-refractivity contribution in [1.29, 1.82) is 0 Å². The van der Waals surface area contributed by atoms with Crippen molar-refractivity contribution in [2.75, 3.05) is 20.3 Å². The summed E-state index contributed by atoms with van der Waals surface area (Å²) in [7, 11) is 1.88. The van der Waals surface area contributed by atoms with Gasteiger partial charge in [-0.25, -0.2) is 9.37 Å². The normalized spacial score (nSPS) is 24.6. The maximum atomic E-state index is 13.0. The molecule has 2 unspecified atom stereocenters. The molecule has 3 rings (SSSR count). The van der Waals surface area contributed by atoms with E-state index >= 15 is 0 Å². The summed E-state index contributed by atoms with van der Waals surface area (Å²) in [5, 5.41) is 3.17. The standard InChI is InChI=1S/C12H13FN2O2/c1-14-10-6-16-5-8(10)12-15-9-3-2-7(13)4-11(9)17-12/h2-4,8,10,14H,5-6H2,1H3. The van der Waals surface area contributed by atoms with Crippen molar-refractivity contribution in [3.63, 3.8) is 0 Å². The second-order valence-corrected chi connectivity index (χ2v) is 4.20. The zero-order chi connectivity index (χ0) is 11.8. The van der Waals surface area contributed by atoms with E-state index in [1.54, 1.807) is 6.07 Å². The first-order valence-corrected chi connectivity index (χ1v) is 5.59. The number of nitrogens with zero attached hydrogens (tertiary/aromatic N) is 1. The van der Waals surface area contributed by atoms with Gasteiger partial charge in [-0.05, 0) is 19.2 Å². The summed E-state index contributed by atoms with van der Waals surface area (Å²) >= 11 is 0. The lowest BCUT2D eigenvalue weighted by molar-refractivity contribution is 0.186. The van der Waals surface area contributed by atoms with Gasteiger partial charge in [-0.2, -0.15) is 0 Å². The van der Waals surface area contributed by atoms with Crippen molar-refractivity contribution >= 4 is 11.1 Å². The highest BCUT2D eigenvalue weighted by Gasteiger charge is 2.32. The Labute approximate surface area is 97.8 Å². The molecule has 0 saturated carbocycles. The molecule has 1 saturated heterocycles. The van der Waals surface area contributed by atoms with E-state index in [-0.39, 0.29) is 17.8 Å². The van der Waals surface area contributed by atoms with Crippen LogP contribution < -0.4 is 5.32 Å². The van der Waals surface area contributed by atoms with Crippen LogP contribution >= 0.6 is 0 Å². The summed E-state index contributed by atoms with van der Waals surface area (Å²) in [6.07, 6.45) is 0. The highest BCUT2D eigenvalue weighted by molar-refractivity contribution is 5.72. The largest absolute Gasteiger partial charge is 0.440 e. The molecule has 1 N–H and O–H groups in total. The number of hydrogen-bond donors (Lipinski definition) is 1. The second kappa shape index (κ2) is 4.09. The van der Waals surface area contributed by atoms with Crippen LogP contribution in [0, 0.1) is 5.82 Å². The monoisotopic (exact) mass is 236 g/mol. The first kappa shape index (κ1) is 10.7. The summed E-state index contributed by atoms with van der Waals surface area (Å²) in [6.45, 7) is 1.23. The van der Waals surface area contributed by atoms with Gasteiger partial charge in [0.2, 0.25) is 5.89 Å². The molecule has 90 valence electrons. The molecule has 0 aliphatic carbocycles. The Bertz CT molecular complexity index is 540. The predicted molar refractivity (Wildman–Crippen MR) is 60.4 cm³/mol. The van der Waals surface area contributed by atoms with Crippen LogP contribution in [0.4, 0.5) is 4.39 Å². The third kappa shape index (κ3) is 1.81. The molecule has 2 heterocycles. The molecule has 5 heteroatoms. The van der Waals surface area contributed by atoms with Gasteiger partial charge in [-0.3, -0.25) is 0 Å². The minimum atomic E-state index is -0.312. The van der Waals surface area contributed by atoms with Gasteiger partial charge in [0, 0.05) is 12.1 Å². The molecule has 0 amide bonds. The van der Waals surface area contributed by atoms with E-state index in [1.807, 2.05) is 7.05 Å². The molecular formula is C12H13FN2O2. The smallest absolute Gasteiger partial charge is 0.202 e. The highest BCUT2D eigenvalue weighted by atomic mass is 19.1. The second-order valence-electron chi connectivity index (χ2n) is 4.20. The Balaban J connectivity index is 2.00. The first-order valence-electron chi connectivity index (χ1n) is 5.59. The van der Waals surface area contributed by atoms with Crippen LogP contribution in [-0.4, -0.2) is 31.3 Å². The van der Waals surface area contributed by atoms with Crippen LogP contribution in [-0.2, 0) is 4.74 Å². The SMILES string of the molecule is CNC1COCC1c1nc2ccc(F)cc2o1. The minimum Gasteiger partial charge on any atom is -0.440 e. The molecule has 1 aromatic heterocycles. The van der Waals surface area contributed by atoms with E-state index in [0.29, 0.717) is 30.2 Å². The lowest BCUT2D eigenvalue weighted by Crippen LogP contribution is -2.31. The molecule has 2 atom stereocenters. The molecule has 17 heavy (non-hydrogen) atoms. The summed E-state index contributed by atoms with van der Waals surface area (Å²) in [5.41, 5.74) is 1.17. The van der Waals surface area contributed by atoms with E-state index in [9.17, 15) is 4.39 Å². The average Bonchev–Trinajstić information content (AvgIpc) is 2.93. The highest BCUT2D eigenvalue weighted by Crippen LogP contribution is 2.28. The zero-order valence-corrected chi connectivity index (χ0v) is 9.44. The van der Waals surface area contributed by atoms with Crippen LogP contribution in [0.15, 0.2) is 22.6 Å². The predicted octanol–water partition coefficient (Wildman–Crippen LogP) is 1.67. The minimum absolute atomic E-state index is 0.0930. The summed E-state index contributed by atoms with van der Waals surface area (Å²) < 4.78 is 24.0. The number of fused-ring (bicyclic) bond motifs is 1. The molecule has 0 bridgehead atoms. The Hall–Kier alpha value is -1.46. The number of oxazole rings is 1. The molecule has 1 aromatic carbocycles. The van der Waals surface area contributed by atoms with E-state index in [1.165, 1.54) is 12.1 Å². The number of rotatable bonds is 2. The molecule has 0 spiro atoms. The van der Waals surface area contributed by atoms with Crippen LogP contribution in [0.5, 0.6) is 0 Å². The molecule has 4 nitrogen and oxygen atoms in total. The summed E-state index contributed by atoms with van der Waals surface area (Å²) in [6, 6.07) is 4.57. The van der Waals surface area contributed by atoms with Gasteiger partial charge in [0.15, 0.2) is 5.58 Å². The first-order chi connectivity index (χ1) is 8.28. The van der Waals surface area contributed by atoms with E-state index < -0.39 is 0 Å². The van der Waals surface area contributed by atoms with Crippen molar-refractivity contribution < 1.29 is 13.5 Å². The molecule has 2 aromatic rings. The molecular weight excluding hydrogens is 223 g/mol. The number of hydrogen-bond acceptors (Lipinski definition) is 4. The van der Waals surface area contributed by atoms with Crippen LogP contribution in [0.2, 0.25) is 0 Å². The summed E-state index contributed by atoms with van der Waals surface area (Å²) in [4.78, 5) is 4.38. The van der Waals surface area contributed by atoms with Crippen molar-refractivity contribution in [2.24, 2.45) is 0 Å². The van der Waals surface area contributed by atoms with Crippen LogP contribution in [0.25, 0.3) is 11.1 Å². The van der Waals surface area contributed by atoms with Gasteiger partial charge in [0.1, 0.15) is 11.3 Å². The number of likely N-dealkylation sites (N-methyl/N-ethyl adjacent to an activating group) is 1. The quantitative estimate of drug-likeness (QED) is 0.861. The number of aromatic nitrogens is 1. The Morgan fingerprint density at radius 1 is 1.41 bits per heavy atom. The van der Waals surface area contributed by atoms with Gasteiger partial charge < -0.3 is 14.5 Å². The van der Waals surface area contributed by atoms with Gasteiger partial charge >= 0.3 is 0 Å². The van der Waals surface area contributed by atoms with Gasteiger partial charge in [0.25, 0.3) is 0 Å². The Kier molecular flexibility index (Phi) is 2.57. The number of benzene rings is 1. The molecule has 0 radical (unpaired) electrons. The third-order valence-electron chi connectivity index (χ3n) is 3.14. The molecule has 1 fully saturated rings. The Morgan fingerprint density at radius 3 is 3.12 bits per heavy atom. The molecule has 1 aliphatic rings. The van der Waals surface area contributed by atoms with Crippen molar-refractivity contribution in [3.05, 3.63) is 29.9 Å². The maximum Gasteiger partial charge on any atom is 0.202 e. The van der Waals surface area contributed by atoms with Crippen molar-refractivity contribution in [2.45, 2.75) is 12.0 Å². The maximum absolute atomic E-state index is 13.0. The fourth-order valence-corrected chi connectivity index (χ4v) is 2.16. The van der Waals surface area contributed by atoms with Crippen molar-refractivity contribution in [1.82, 2.24) is 10.3 Å². The van der Waals surface area contributed by atoms with E-state index in [4.69, 9.17) is 9.15 Å². The third-order valence-corrected chi connectivity index (χ3v) is 3.14. The van der Waals surface area contributed by atoms with Crippen LogP contribution in [0.1, 0.15) is 11.8 Å². The fraction of sp³-hybridized carbons (Fsp3) is 0.417. The van der Waals surface area contributed by atoms with Gasteiger partial charge in [0.05, 0.1) is 19.1 Å². The molecule has 1 aliphatic heterocycles. The number of ether oxygens (including phenoxy) is 1.